The molecule has 0 fully saturated rings. The number of pyridine rings is 1. The molecule has 0 aliphatic rings. The first-order valence-electron chi connectivity index (χ1n) is 8.49. The van der Waals surface area contributed by atoms with E-state index >= 15 is 0 Å². The number of hydrogen-bond donors (Lipinski definition) is 2. The van der Waals surface area contributed by atoms with E-state index in [-0.39, 0.29) is 8.37 Å². The molecule has 0 aliphatic carbocycles. The Balaban J connectivity index is 0.00000240. The summed E-state index contributed by atoms with van der Waals surface area (Å²) in [6.45, 7) is 2.67. The molecule has 152 valence electrons. The number of hydrogen-bond acceptors (Lipinski definition) is 5. The molecular weight excluding hydrogens is 384 g/mol. The SMILES string of the molecule is Cc1cc(C#N)cnc1[C@H](C)NC(=O)Cn1c(=O)[nH]c2ccc(F)c(F)c2c1=O.[HH].[HH]. The zero-order valence-electron chi connectivity index (χ0n) is 15.4. The van der Waals surface area contributed by atoms with Crippen LogP contribution in [0.1, 0.15) is 32.6 Å². The van der Waals surface area contributed by atoms with Crippen molar-refractivity contribution in [3.63, 3.8) is 0 Å². The Morgan fingerprint density at radius 1 is 1.41 bits per heavy atom. The van der Waals surface area contributed by atoms with Crippen LogP contribution in [0.2, 0.25) is 0 Å². The molecule has 1 atom stereocenters. The maximum Gasteiger partial charge on any atom is 0.329 e. The van der Waals surface area contributed by atoms with Crippen molar-refractivity contribution in [2.24, 2.45) is 0 Å². The first-order valence-corrected chi connectivity index (χ1v) is 8.49. The smallest absolute Gasteiger partial charge is 0.329 e. The summed E-state index contributed by atoms with van der Waals surface area (Å²) in [5.41, 5.74) is -0.657. The van der Waals surface area contributed by atoms with E-state index in [1.807, 2.05) is 6.07 Å². The van der Waals surface area contributed by atoms with Crippen LogP contribution in [0.4, 0.5) is 8.78 Å². The molecule has 0 saturated heterocycles. The number of aromatic nitrogens is 3. The van der Waals surface area contributed by atoms with Crippen LogP contribution < -0.4 is 16.6 Å². The molecule has 0 aliphatic heterocycles. The maximum absolute atomic E-state index is 14.0. The molecule has 3 aromatic rings. The summed E-state index contributed by atoms with van der Waals surface area (Å²) in [7, 11) is 0. The number of H-pyrrole nitrogens is 1. The number of carbonyl (C=O) groups excluding carboxylic acids is 1. The monoisotopic (exact) mass is 403 g/mol. The highest BCUT2D eigenvalue weighted by Crippen LogP contribution is 2.16. The van der Waals surface area contributed by atoms with Crippen molar-refractivity contribution in [1.82, 2.24) is 19.9 Å². The zero-order chi connectivity index (χ0) is 21.3. The number of fused-ring (bicyclic) bond motifs is 1. The second-order valence-corrected chi connectivity index (χ2v) is 6.43. The summed E-state index contributed by atoms with van der Waals surface area (Å²) >= 11 is 0. The number of amides is 1. The van der Waals surface area contributed by atoms with Crippen LogP contribution in [0, 0.1) is 29.9 Å². The van der Waals surface area contributed by atoms with Crippen LogP contribution in [0.25, 0.3) is 10.9 Å². The van der Waals surface area contributed by atoms with Crippen LogP contribution in [-0.2, 0) is 11.3 Å². The van der Waals surface area contributed by atoms with Gasteiger partial charge in [-0.15, -0.1) is 0 Å². The predicted molar refractivity (Wildman–Crippen MR) is 103 cm³/mol. The van der Waals surface area contributed by atoms with Crippen LogP contribution in [0.5, 0.6) is 0 Å². The summed E-state index contributed by atoms with van der Waals surface area (Å²) in [6.07, 6.45) is 1.36. The normalized spacial score (nSPS) is 11.8. The van der Waals surface area contributed by atoms with Gasteiger partial charge in [-0.2, -0.15) is 5.26 Å². The predicted octanol–water partition coefficient (Wildman–Crippen LogP) is 1.91. The highest BCUT2D eigenvalue weighted by atomic mass is 19.2. The van der Waals surface area contributed by atoms with Gasteiger partial charge in [0.15, 0.2) is 11.6 Å². The number of aromatic amines is 1. The van der Waals surface area contributed by atoms with Crippen molar-refractivity contribution in [3.05, 3.63) is 73.7 Å². The molecule has 0 unspecified atom stereocenters. The number of nitrogens with zero attached hydrogens (tertiary/aromatic N) is 3. The second kappa shape index (κ2) is 7.63. The van der Waals surface area contributed by atoms with E-state index in [4.69, 9.17) is 5.26 Å². The van der Waals surface area contributed by atoms with E-state index in [1.54, 1.807) is 19.9 Å². The Hall–Kier alpha value is -3.87. The summed E-state index contributed by atoms with van der Waals surface area (Å²) in [6, 6.07) is 4.85. The number of rotatable bonds is 4. The fourth-order valence-corrected chi connectivity index (χ4v) is 3.02. The van der Waals surface area contributed by atoms with E-state index in [2.05, 4.69) is 15.3 Å². The zero-order valence-corrected chi connectivity index (χ0v) is 15.4. The Bertz CT molecular complexity index is 1300. The minimum absolute atomic E-state index is 0. The third kappa shape index (κ3) is 3.75. The molecule has 2 aromatic heterocycles. The van der Waals surface area contributed by atoms with Gasteiger partial charge in [0.2, 0.25) is 5.91 Å². The van der Waals surface area contributed by atoms with Crippen molar-refractivity contribution in [3.8, 4) is 6.07 Å². The number of halogens is 2. The van der Waals surface area contributed by atoms with Crippen molar-refractivity contribution >= 4 is 16.8 Å². The lowest BCUT2D eigenvalue weighted by Gasteiger charge is -2.16. The molecule has 1 aromatic carbocycles. The number of aryl methyl sites for hydroxylation is 1. The number of nitrogens with one attached hydrogen (secondary N) is 2. The molecule has 8 nitrogen and oxygen atoms in total. The van der Waals surface area contributed by atoms with Gasteiger partial charge in [0, 0.05) is 9.05 Å². The molecule has 10 heteroatoms. The maximum atomic E-state index is 14.0. The molecule has 2 N–H and O–H groups in total. The Morgan fingerprint density at radius 2 is 2.14 bits per heavy atom. The number of carbonyl (C=O) groups is 1. The van der Waals surface area contributed by atoms with Gasteiger partial charge in [-0.05, 0) is 37.6 Å². The van der Waals surface area contributed by atoms with Crippen LogP contribution in [-0.4, -0.2) is 20.4 Å². The van der Waals surface area contributed by atoms with Gasteiger partial charge in [0.05, 0.1) is 22.8 Å². The van der Waals surface area contributed by atoms with Gasteiger partial charge in [0.25, 0.3) is 5.56 Å². The van der Waals surface area contributed by atoms with Gasteiger partial charge in [-0.3, -0.25) is 19.1 Å². The topological polar surface area (TPSA) is 121 Å². The fraction of sp³-hybridized carbons (Fsp3) is 0.211. The van der Waals surface area contributed by atoms with Crippen LogP contribution in [0.3, 0.4) is 0 Å². The van der Waals surface area contributed by atoms with Gasteiger partial charge >= 0.3 is 5.69 Å². The third-order valence-corrected chi connectivity index (χ3v) is 4.38. The summed E-state index contributed by atoms with van der Waals surface area (Å²) in [4.78, 5) is 43.3. The Morgan fingerprint density at radius 3 is 2.79 bits per heavy atom. The first-order chi connectivity index (χ1) is 13.7. The summed E-state index contributed by atoms with van der Waals surface area (Å²) < 4.78 is 27.9. The van der Waals surface area contributed by atoms with Gasteiger partial charge in [-0.1, -0.05) is 0 Å². The molecule has 0 saturated carbocycles. The van der Waals surface area contributed by atoms with E-state index in [1.165, 1.54) is 6.20 Å². The molecule has 0 spiro atoms. The minimum Gasteiger partial charge on any atom is -0.346 e. The summed E-state index contributed by atoms with van der Waals surface area (Å²) in [5.74, 6) is -3.34. The lowest BCUT2D eigenvalue weighted by atomic mass is 10.1. The highest BCUT2D eigenvalue weighted by molar-refractivity contribution is 5.79. The van der Waals surface area contributed by atoms with E-state index in [0.717, 1.165) is 12.1 Å². The fourth-order valence-electron chi connectivity index (χ4n) is 3.02. The average molecular weight is 403 g/mol. The second-order valence-electron chi connectivity index (χ2n) is 6.43. The standard InChI is InChI=1S/C19H15F2N5O3.2H2/c1-9-5-11(6-22)7-23-17(9)10(2)24-14(27)8-26-18(28)15-13(25-19(26)29)4-3-12(20)16(15)21;;/h3-5,7,10H,8H2,1-2H3,(H,24,27)(H,25,29);2*1H/t10-;;/m0../s1. The van der Waals surface area contributed by atoms with Crippen LogP contribution in [0.15, 0.2) is 34.0 Å². The number of benzene rings is 1. The van der Waals surface area contributed by atoms with Crippen molar-refractivity contribution in [1.29, 1.82) is 5.26 Å². The van der Waals surface area contributed by atoms with Crippen molar-refractivity contribution < 1.29 is 16.4 Å². The average Bonchev–Trinajstić information content (AvgIpc) is 2.67. The molecule has 0 bridgehead atoms. The largest absolute Gasteiger partial charge is 0.346 e. The van der Waals surface area contributed by atoms with Gasteiger partial charge in [-0.25, -0.2) is 13.6 Å². The van der Waals surface area contributed by atoms with Crippen LogP contribution >= 0.6 is 0 Å². The lowest BCUT2D eigenvalue weighted by molar-refractivity contribution is -0.122. The molecule has 3 rings (SSSR count). The highest BCUT2D eigenvalue weighted by Gasteiger charge is 2.19. The van der Waals surface area contributed by atoms with Crippen molar-refractivity contribution in [2.45, 2.75) is 26.4 Å². The quantitative estimate of drug-likeness (QED) is 0.689. The minimum atomic E-state index is -1.40. The molecule has 1 amide bonds. The number of nitriles is 1. The van der Waals surface area contributed by atoms with E-state index in [0.29, 0.717) is 21.4 Å². The molecule has 2 heterocycles. The van der Waals surface area contributed by atoms with Gasteiger partial charge < -0.3 is 10.3 Å². The van der Waals surface area contributed by atoms with E-state index in [9.17, 15) is 23.2 Å². The Kier molecular flexibility index (Phi) is 5.23. The summed E-state index contributed by atoms with van der Waals surface area (Å²) in [5, 5.41) is 10.8. The van der Waals surface area contributed by atoms with Crippen molar-refractivity contribution in [2.75, 3.05) is 0 Å². The Labute approximate surface area is 165 Å². The molecular formula is C19H19F2N5O3. The van der Waals surface area contributed by atoms with E-state index < -0.39 is 46.8 Å². The first kappa shape index (κ1) is 19.9. The van der Waals surface area contributed by atoms with Gasteiger partial charge in [0.1, 0.15) is 18.0 Å². The third-order valence-electron chi connectivity index (χ3n) is 4.38. The molecule has 29 heavy (non-hydrogen) atoms. The lowest BCUT2D eigenvalue weighted by Crippen LogP contribution is -2.41. The molecule has 0 radical (unpaired) electrons.